The third kappa shape index (κ3) is 7.50. The molecule has 0 heterocycles. The van der Waals surface area contributed by atoms with E-state index in [9.17, 15) is 0 Å². The Kier molecular flexibility index (Phi) is 10.4. The molecule has 2 aromatic carbocycles. The van der Waals surface area contributed by atoms with Gasteiger partial charge in [0.05, 0.1) is 0 Å². The van der Waals surface area contributed by atoms with Crippen LogP contribution in [0.25, 0.3) is 5.32 Å². The first-order chi connectivity index (χ1) is 14.9. The molecule has 0 unspecified atom stereocenters. The summed E-state index contributed by atoms with van der Waals surface area (Å²) in [7, 11) is 1.17. The van der Waals surface area contributed by atoms with Crippen LogP contribution < -0.4 is 24.2 Å². The van der Waals surface area contributed by atoms with Gasteiger partial charge < -0.3 is 5.32 Å². The van der Waals surface area contributed by atoms with Crippen LogP contribution in [-0.2, 0) is 16.2 Å². The number of hydrogen-bond donors (Lipinski definition) is 0. The Morgan fingerprint density at radius 3 is 1.44 bits per heavy atom. The minimum absolute atomic E-state index is 0. The van der Waals surface area contributed by atoms with Gasteiger partial charge in [-0.2, -0.15) is 0 Å². The second-order valence-corrected chi connectivity index (χ2v) is 14.1. The largest absolute Gasteiger partial charge is 1.00 e. The average Bonchev–Trinajstić information content (AvgIpc) is 2.65. The second kappa shape index (κ2) is 11.4. The first-order valence-corrected chi connectivity index (χ1v) is 13.5. The van der Waals surface area contributed by atoms with E-state index in [4.69, 9.17) is 5.32 Å². The van der Waals surface area contributed by atoms with Gasteiger partial charge in [-0.25, -0.2) is 0 Å². The maximum Gasteiger partial charge on any atom is 1.00 e. The number of rotatable bonds is 5. The van der Waals surface area contributed by atoms with Gasteiger partial charge in [-0.1, -0.05) is 140 Å². The monoisotopic (exact) mass is 471 g/mol. The molecule has 3 heteroatoms. The molecule has 0 aliphatic carbocycles. The molecule has 2 rings (SSSR count). The van der Waals surface area contributed by atoms with Crippen LogP contribution in [0.4, 0.5) is 5.69 Å². The van der Waals surface area contributed by atoms with Crippen LogP contribution in [0.5, 0.6) is 0 Å². The van der Waals surface area contributed by atoms with Gasteiger partial charge in [0.1, 0.15) is 0 Å². The third-order valence-corrected chi connectivity index (χ3v) is 7.28. The molecule has 0 aromatic heterocycles. The fraction of sp³-hybridized carbons (Fsp3) is 0.581. The molecule has 0 atom stereocenters. The molecule has 0 saturated carbocycles. The minimum atomic E-state index is 0. The molecule has 1 nitrogen and oxygen atoms in total. The van der Waals surface area contributed by atoms with E-state index in [1.54, 1.807) is 0 Å². The van der Waals surface area contributed by atoms with Gasteiger partial charge in [-0.15, -0.1) is 11.6 Å². The van der Waals surface area contributed by atoms with Crippen LogP contribution in [0.1, 0.15) is 130 Å². The van der Waals surface area contributed by atoms with Crippen molar-refractivity contribution < 1.29 is 18.9 Å². The minimum Gasteiger partial charge on any atom is -0.660 e. The van der Waals surface area contributed by atoms with Crippen LogP contribution in [0.3, 0.4) is 0 Å². The van der Waals surface area contributed by atoms with E-state index in [2.05, 4.69) is 126 Å². The fourth-order valence-electron chi connectivity index (χ4n) is 4.16. The maximum absolute atomic E-state index is 5.12. The van der Waals surface area contributed by atoms with Crippen molar-refractivity contribution in [3.63, 3.8) is 0 Å². The van der Waals surface area contributed by atoms with Gasteiger partial charge in [0.25, 0.3) is 0 Å². The van der Waals surface area contributed by atoms with Crippen LogP contribution in [0.2, 0.25) is 0 Å². The zero-order chi connectivity index (χ0) is 25.4. The first kappa shape index (κ1) is 31.0. The molecule has 0 aliphatic rings. The van der Waals surface area contributed by atoms with Gasteiger partial charge in [-0.05, 0) is 44.8 Å². The van der Waals surface area contributed by atoms with Crippen molar-refractivity contribution in [2.75, 3.05) is 0 Å². The molecule has 0 saturated heterocycles. The van der Waals surface area contributed by atoms with Gasteiger partial charge in [0.2, 0.25) is 0 Å². The van der Waals surface area contributed by atoms with Crippen LogP contribution in [0, 0.1) is 0 Å². The second-order valence-electron chi connectivity index (χ2n) is 13.1. The number of nitrogens with zero attached hydrogens (tertiary/aromatic N) is 1. The maximum atomic E-state index is 5.12. The smallest absolute Gasteiger partial charge is 0.660 e. The Bertz CT molecular complexity index is 934. The molecule has 0 fully saturated rings. The van der Waals surface area contributed by atoms with E-state index < -0.39 is 0 Å². The summed E-state index contributed by atoms with van der Waals surface area (Å²) in [5, 5.41) is 6.54. The molecule has 0 bridgehead atoms. The van der Waals surface area contributed by atoms with Crippen LogP contribution >= 0.6 is 8.20 Å². The summed E-state index contributed by atoms with van der Waals surface area (Å²) in [5.41, 5.74) is 8.38. The Hall–Kier alpha value is -0.993. The Balaban J connectivity index is 0.00000578. The Labute approximate surface area is 224 Å². The zero-order valence-electron chi connectivity index (χ0n) is 24.5. The van der Waals surface area contributed by atoms with E-state index in [0.29, 0.717) is 11.8 Å². The van der Waals surface area contributed by atoms with Crippen molar-refractivity contribution in [3.8, 4) is 0 Å². The average molecular weight is 472 g/mol. The number of benzene rings is 2. The fourth-order valence-corrected chi connectivity index (χ4v) is 5.52. The summed E-state index contributed by atoms with van der Waals surface area (Å²) in [6.07, 6.45) is 0. The molecule has 182 valence electrons. The first-order valence-electron chi connectivity index (χ1n) is 12.5. The number of hydrogen-bond acceptors (Lipinski definition) is 0. The predicted molar refractivity (Wildman–Crippen MR) is 153 cm³/mol. The Morgan fingerprint density at radius 1 is 0.706 bits per heavy atom. The summed E-state index contributed by atoms with van der Waals surface area (Å²) >= 11 is 0. The molecular formula is C31H47LiNP. The van der Waals surface area contributed by atoms with E-state index >= 15 is 0 Å². The van der Waals surface area contributed by atoms with Crippen molar-refractivity contribution in [2.45, 2.75) is 118 Å². The molecule has 0 amide bonds. The van der Waals surface area contributed by atoms with Gasteiger partial charge in [0, 0.05) is 5.30 Å². The van der Waals surface area contributed by atoms with E-state index in [0.717, 1.165) is 5.69 Å². The quantitative estimate of drug-likeness (QED) is 0.334. The van der Waals surface area contributed by atoms with Crippen molar-refractivity contribution >= 4 is 25.1 Å². The standard InChI is InChI=1S/C31H47NP.Li/c1-20(2)23-15-14-16-24(21(3)4)27(23)32-19-33-28-25(30(8,9)10)17-22(29(5,6)7)18-26(28)31(11,12)13;/h14-21H,1-13H3;/q-1;+1. The summed E-state index contributed by atoms with van der Waals surface area (Å²) in [4.78, 5) is 0. The molecule has 2 aromatic rings. The molecule has 0 aliphatic heterocycles. The van der Waals surface area contributed by atoms with Gasteiger partial charge >= 0.3 is 18.9 Å². The SMILES string of the molecule is CC(C)c1cccc(C(C)C)c1[N-]C=Pc1c(C(C)(C)C)cc(C(C)(C)C)cc1C(C)(C)C.[Li+]. The van der Waals surface area contributed by atoms with E-state index in [1.807, 2.05) is 0 Å². The van der Waals surface area contributed by atoms with Crippen molar-refractivity contribution in [1.82, 2.24) is 0 Å². The number of para-hydroxylation sites is 1. The molecule has 0 radical (unpaired) electrons. The van der Waals surface area contributed by atoms with Gasteiger partial charge in [0.15, 0.2) is 0 Å². The molecule has 34 heavy (non-hydrogen) atoms. The summed E-state index contributed by atoms with van der Waals surface area (Å²) in [5.74, 6) is 3.05. The van der Waals surface area contributed by atoms with E-state index in [-0.39, 0.29) is 35.1 Å². The third-order valence-electron chi connectivity index (χ3n) is 6.31. The summed E-state index contributed by atoms with van der Waals surface area (Å²) in [6, 6.07) is 11.6. The normalized spacial score (nSPS) is 13.0. The Morgan fingerprint density at radius 2 is 1.12 bits per heavy atom. The van der Waals surface area contributed by atoms with Crippen LogP contribution in [-0.4, -0.2) is 5.92 Å². The summed E-state index contributed by atoms with van der Waals surface area (Å²) in [6.45, 7) is 30.0. The molecular weight excluding hydrogens is 424 g/mol. The zero-order valence-corrected chi connectivity index (χ0v) is 25.4. The topological polar surface area (TPSA) is 14.1 Å². The van der Waals surface area contributed by atoms with Crippen molar-refractivity contribution in [3.05, 3.63) is 63.5 Å². The molecule has 0 spiro atoms. The van der Waals surface area contributed by atoms with Gasteiger partial charge in [-0.3, -0.25) is 0 Å². The van der Waals surface area contributed by atoms with Crippen LogP contribution in [0.15, 0.2) is 30.3 Å². The summed E-state index contributed by atoms with van der Waals surface area (Å²) < 4.78 is 0. The van der Waals surface area contributed by atoms with E-state index in [1.165, 1.54) is 41.3 Å². The predicted octanol–water partition coefficient (Wildman–Crippen LogP) is 6.87. The molecule has 0 N–H and O–H groups in total. The van der Waals surface area contributed by atoms with Crippen molar-refractivity contribution in [1.29, 1.82) is 0 Å². The van der Waals surface area contributed by atoms with Crippen molar-refractivity contribution in [2.24, 2.45) is 0 Å².